The maximum Gasteiger partial charge on any atom is 0.323 e. The number of anilines is 2. The first-order valence-corrected chi connectivity index (χ1v) is 8.39. The molecule has 0 radical (unpaired) electrons. The molecule has 1 rings (SSSR count). The summed E-state index contributed by atoms with van der Waals surface area (Å²) in [7, 11) is -0.800. The third-order valence-electron chi connectivity index (χ3n) is 2.32. The van der Waals surface area contributed by atoms with Gasteiger partial charge in [-0.15, -0.1) is 0 Å². The zero-order valence-electron chi connectivity index (χ0n) is 12.3. The Hall–Kier alpha value is -1.44. The summed E-state index contributed by atoms with van der Waals surface area (Å²) >= 11 is 0. The van der Waals surface area contributed by atoms with Gasteiger partial charge >= 0.3 is 6.01 Å². The normalized spacial score (nSPS) is 11.9. The maximum absolute atomic E-state index is 11.4. The van der Waals surface area contributed by atoms with Crippen LogP contribution in [-0.2, 0) is 10.8 Å². The van der Waals surface area contributed by atoms with Gasteiger partial charge < -0.3 is 15.4 Å². The fraction of sp³-hybridized carbons (Fsp3) is 0.750. The Bertz CT molecular complexity index is 430. The van der Waals surface area contributed by atoms with E-state index in [1.807, 2.05) is 20.8 Å². The molecule has 2 N–H and O–H groups in total. The Kier molecular flexibility index (Phi) is 7.86. The van der Waals surface area contributed by atoms with Crippen molar-refractivity contribution in [2.75, 3.05) is 41.8 Å². The molecule has 0 aromatic carbocycles. The van der Waals surface area contributed by atoms with E-state index in [1.54, 1.807) is 0 Å². The third kappa shape index (κ3) is 6.14. The first-order valence-electron chi connectivity index (χ1n) is 6.91. The SMILES string of the molecule is CCCOc1nc(NCC)nc(NCCS(=O)CC)n1. The van der Waals surface area contributed by atoms with Crippen molar-refractivity contribution in [3.05, 3.63) is 0 Å². The van der Waals surface area contributed by atoms with Crippen LogP contribution in [0.2, 0.25) is 0 Å². The van der Waals surface area contributed by atoms with Crippen molar-refractivity contribution in [1.82, 2.24) is 15.0 Å². The van der Waals surface area contributed by atoms with Crippen molar-refractivity contribution in [1.29, 1.82) is 0 Å². The molecule has 0 aliphatic rings. The Labute approximate surface area is 122 Å². The Morgan fingerprint density at radius 3 is 2.40 bits per heavy atom. The monoisotopic (exact) mass is 301 g/mol. The molecule has 114 valence electrons. The number of nitrogens with one attached hydrogen (secondary N) is 2. The first kappa shape index (κ1) is 16.6. The van der Waals surface area contributed by atoms with Gasteiger partial charge in [0.15, 0.2) is 0 Å². The van der Waals surface area contributed by atoms with Crippen molar-refractivity contribution in [2.45, 2.75) is 27.2 Å². The lowest BCUT2D eigenvalue weighted by Gasteiger charge is -2.09. The van der Waals surface area contributed by atoms with Crippen LogP contribution in [0.4, 0.5) is 11.9 Å². The molecule has 1 aromatic heterocycles. The molecule has 0 bridgehead atoms. The highest BCUT2D eigenvalue weighted by Crippen LogP contribution is 2.11. The topological polar surface area (TPSA) is 89.0 Å². The second kappa shape index (κ2) is 9.46. The molecule has 1 aromatic rings. The second-order valence-electron chi connectivity index (χ2n) is 4.00. The summed E-state index contributed by atoms with van der Waals surface area (Å²) in [5, 5.41) is 6.08. The van der Waals surface area contributed by atoms with Gasteiger partial charge in [0.1, 0.15) is 0 Å². The average molecular weight is 301 g/mol. The van der Waals surface area contributed by atoms with Gasteiger partial charge in [-0.25, -0.2) is 0 Å². The van der Waals surface area contributed by atoms with Crippen molar-refractivity contribution in [2.24, 2.45) is 0 Å². The largest absolute Gasteiger partial charge is 0.463 e. The molecule has 0 saturated heterocycles. The molecule has 0 fully saturated rings. The minimum atomic E-state index is -0.800. The van der Waals surface area contributed by atoms with Gasteiger partial charge in [-0.3, -0.25) is 4.21 Å². The zero-order chi connectivity index (χ0) is 14.8. The van der Waals surface area contributed by atoms with E-state index in [2.05, 4.69) is 25.6 Å². The van der Waals surface area contributed by atoms with E-state index in [0.717, 1.165) is 13.0 Å². The maximum atomic E-state index is 11.4. The van der Waals surface area contributed by atoms with Gasteiger partial charge in [-0.1, -0.05) is 13.8 Å². The standard InChI is InChI=1S/C12H23N5O2S/c1-4-8-19-12-16-10(13-5-2)15-11(17-12)14-7-9-20(18)6-3/h4-9H2,1-3H3,(H2,13,14,15,16,17). The smallest absolute Gasteiger partial charge is 0.323 e. The number of rotatable bonds is 10. The van der Waals surface area contributed by atoms with Crippen LogP contribution in [-0.4, -0.2) is 50.4 Å². The zero-order valence-corrected chi connectivity index (χ0v) is 13.1. The molecule has 1 atom stereocenters. The highest BCUT2D eigenvalue weighted by atomic mass is 32.2. The fourth-order valence-electron chi connectivity index (χ4n) is 1.35. The minimum absolute atomic E-state index is 0.303. The Balaban J connectivity index is 2.66. The molecule has 20 heavy (non-hydrogen) atoms. The number of nitrogens with zero attached hydrogens (tertiary/aromatic N) is 3. The van der Waals surface area contributed by atoms with E-state index in [0.29, 0.717) is 42.6 Å². The first-order chi connectivity index (χ1) is 9.69. The lowest BCUT2D eigenvalue weighted by Crippen LogP contribution is -2.15. The molecule has 1 heterocycles. The molecule has 0 aliphatic heterocycles. The van der Waals surface area contributed by atoms with Crippen LogP contribution in [0.1, 0.15) is 27.2 Å². The van der Waals surface area contributed by atoms with Crippen LogP contribution < -0.4 is 15.4 Å². The lowest BCUT2D eigenvalue weighted by atomic mass is 10.5. The summed E-state index contributed by atoms with van der Waals surface area (Å²) in [4.78, 5) is 12.6. The summed E-state index contributed by atoms with van der Waals surface area (Å²) in [6, 6.07) is 0.303. The van der Waals surface area contributed by atoms with Crippen LogP contribution in [0.25, 0.3) is 0 Å². The molecule has 0 saturated carbocycles. The van der Waals surface area contributed by atoms with E-state index in [4.69, 9.17) is 4.74 Å². The molecule has 1 unspecified atom stereocenters. The van der Waals surface area contributed by atoms with Gasteiger partial charge in [-0.2, -0.15) is 15.0 Å². The number of hydrogen-bond donors (Lipinski definition) is 2. The predicted molar refractivity (Wildman–Crippen MR) is 81.8 cm³/mol. The van der Waals surface area contributed by atoms with Crippen LogP contribution in [0.15, 0.2) is 0 Å². The van der Waals surface area contributed by atoms with Crippen LogP contribution in [0.5, 0.6) is 6.01 Å². The quantitative estimate of drug-likeness (QED) is 0.672. The summed E-state index contributed by atoms with van der Waals surface area (Å²) in [6.45, 7) is 7.73. The van der Waals surface area contributed by atoms with Crippen LogP contribution in [0.3, 0.4) is 0 Å². The number of aromatic nitrogens is 3. The van der Waals surface area contributed by atoms with Gasteiger partial charge in [0, 0.05) is 35.4 Å². The molecular formula is C12H23N5O2S. The summed E-state index contributed by atoms with van der Waals surface area (Å²) in [5.41, 5.74) is 0. The summed E-state index contributed by atoms with van der Waals surface area (Å²) in [5.74, 6) is 2.15. The van der Waals surface area contributed by atoms with Gasteiger partial charge in [0.05, 0.1) is 6.61 Å². The Morgan fingerprint density at radius 1 is 1.10 bits per heavy atom. The molecule has 0 aliphatic carbocycles. The van der Waals surface area contributed by atoms with E-state index < -0.39 is 10.8 Å². The Morgan fingerprint density at radius 2 is 1.80 bits per heavy atom. The van der Waals surface area contributed by atoms with Crippen LogP contribution in [0, 0.1) is 0 Å². The van der Waals surface area contributed by atoms with E-state index in [1.165, 1.54) is 0 Å². The molecular weight excluding hydrogens is 278 g/mol. The molecule has 0 spiro atoms. The highest BCUT2D eigenvalue weighted by molar-refractivity contribution is 7.84. The highest BCUT2D eigenvalue weighted by Gasteiger charge is 2.07. The fourth-order valence-corrected chi connectivity index (χ4v) is 1.97. The average Bonchev–Trinajstić information content (AvgIpc) is 2.45. The summed E-state index contributed by atoms with van der Waals surface area (Å²) in [6.07, 6.45) is 0.889. The predicted octanol–water partition coefficient (Wildman–Crippen LogP) is 1.27. The van der Waals surface area contributed by atoms with Crippen LogP contribution >= 0.6 is 0 Å². The molecule has 0 amide bonds. The third-order valence-corrected chi connectivity index (χ3v) is 3.62. The van der Waals surface area contributed by atoms with Gasteiger partial charge in [0.25, 0.3) is 0 Å². The van der Waals surface area contributed by atoms with Crippen molar-refractivity contribution >= 4 is 22.7 Å². The lowest BCUT2D eigenvalue weighted by molar-refractivity contribution is 0.292. The molecule has 7 nitrogen and oxygen atoms in total. The van der Waals surface area contributed by atoms with Crippen molar-refractivity contribution < 1.29 is 8.95 Å². The number of ether oxygens (including phenoxy) is 1. The van der Waals surface area contributed by atoms with Crippen molar-refractivity contribution in [3.8, 4) is 6.01 Å². The second-order valence-corrected chi connectivity index (χ2v) is 5.87. The van der Waals surface area contributed by atoms with E-state index >= 15 is 0 Å². The summed E-state index contributed by atoms with van der Waals surface area (Å²) < 4.78 is 16.8. The van der Waals surface area contributed by atoms with Gasteiger partial charge in [-0.05, 0) is 13.3 Å². The minimum Gasteiger partial charge on any atom is -0.463 e. The van der Waals surface area contributed by atoms with E-state index in [-0.39, 0.29) is 0 Å². The van der Waals surface area contributed by atoms with Crippen molar-refractivity contribution in [3.63, 3.8) is 0 Å². The van der Waals surface area contributed by atoms with Gasteiger partial charge in [0.2, 0.25) is 11.9 Å². The number of hydrogen-bond acceptors (Lipinski definition) is 7. The molecule has 8 heteroatoms. The van der Waals surface area contributed by atoms with E-state index in [9.17, 15) is 4.21 Å².